The Morgan fingerprint density at radius 3 is 2.26 bits per heavy atom. The Labute approximate surface area is 233 Å². The van der Waals surface area contributed by atoms with Gasteiger partial charge in [0.1, 0.15) is 11.5 Å². The zero-order valence-corrected chi connectivity index (χ0v) is 22.7. The van der Waals surface area contributed by atoms with E-state index in [1.165, 1.54) is 6.21 Å². The standard InChI is InChI=1S/C30H24BrN3O5/c1-19-6-8-21(9-7-19)30(37)39-27-15-12-24(31)16-23(27)18-32-34-29(36)22-4-3-5-25(17-22)33-28(35)20-10-13-26(38-2)14-11-20/h3-18H,1-2H3,(H,33,35)(H,34,36). The minimum Gasteiger partial charge on any atom is -0.497 e. The Bertz CT molecular complexity index is 1530. The molecule has 9 heteroatoms. The fourth-order valence-corrected chi connectivity index (χ4v) is 3.85. The van der Waals surface area contributed by atoms with E-state index in [0.717, 1.165) is 10.0 Å². The number of anilines is 1. The Hall–Kier alpha value is -4.76. The maximum absolute atomic E-state index is 12.7. The van der Waals surface area contributed by atoms with Crippen molar-refractivity contribution in [2.45, 2.75) is 6.92 Å². The van der Waals surface area contributed by atoms with Crippen molar-refractivity contribution >= 4 is 45.6 Å². The molecule has 0 aromatic heterocycles. The number of amides is 2. The van der Waals surface area contributed by atoms with E-state index in [-0.39, 0.29) is 11.7 Å². The Balaban J connectivity index is 1.41. The van der Waals surface area contributed by atoms with Crippen molar-refractivity contribution in [3.63, 3.8) is 0 Å². The molecule has 0 saturated heterocycles. The van der Waals surface area contributed by atoms with Gasteiger partial charge in [-0.2, -0.15) is 5.10 Å². The van der Waals surface area contributed by atoms with Gasteiger partial charge < -0.3 is 14.8 Å². The molecule has 4 rings (SSSR count). The maximum atomic E-state index is 12.7. The third kappa shape index (κ3) is 7.39. The van der Waals surface area contributed by atoms with Crippen LogP contribution in [0.2, 0.25) is 0 Å². The van der Waals surface area contributed by atoms with Gasteiger partial charge in [0.2, 0.25) is 0 Å². The van der Waals surface area contributed by atoms with E-state index in [1.807, 2.05) is 19.1 Å². The van der Waals surface area contributed by atoms with Crippen molar-refractivity contribution in [2.24, 2.45) is 5.10 Å². The van der Waals surface area contributed by atoms with Crippen LogP contribution in [0.15, 0.2) is 101 Å². The molecule has 4 aromatic carbocycles. The molecule has 8 nitrogen and oxygen atoms in total. The van der Waals surface area contributed by atoms with Crippen molar-refractivity contribution < 1.29 is 23.9 Å². The second-order valence-corrected chi connectivity index (χ2v) is 9.32. The SMILES string of the molecule is COc1ccc(C(=O)Nc2cccc(C(=O)NN=Cc3cc(Br)ccc3OC(=O)c3ccc(C)cc3)c2)cc1. The molecule has 0 radical (unpaired) electrons. The van der Waals surface area contributed by atoms with Crippen LogP contribution in [-0.2, 0) is 0 Å². The molecular formula is C30H24BrN3O5. The van der Waals surface area contributed by atoms with Gasteiger partial charge in [0.25, 0.3) is 11.8 Å². The first kappa shape index (κ1) is 27.3. The van der Waals surface area contributed by atoms with Crippen LogP contribution in [0.1, 0.15) is 42.2 Å². The van der Waals surface area contributed by atoms with Crippen molar-refractivity contribution in [1.29, 1.82) is 0 Å². The number of hydrogen-bond acceptors (Lipinski definition) is 6. The molecule has 0 bridgehead atoms. The number of methoxy groups -OCH3 is 1. The van der Waals surface area contributed by atoms with Crippen molar-refractivity contribution in [3.8, 4) is 11.5 Å². The van der Waals surface area contributed by atoms with Crippen molar-refractivity contribution in [1.82, 2.24) is 5.43 Å². The molecule has 2 N–H and O–H groups in total. The molecule has 4 aromatic rings. The summed E-state index contributed by atoms with van der Waals surface area (Å²) in [4.78, 5) is 37.8. The largest absolute Gasteiger partial charge is 0.497 e. The number of aryl methyl sites for hydroxylation is 1. The van der Waals surface area contributed by atoms with Gasteiger partial charge in [0.05, 0.1) is 18.9 Å². The molecule has 0 heterocycles. The van der Waals surface area contributed by atoms with E-state index in [2.05, 4.69) is 31.8 Å². The fraction of sp³-hybridized carbons (Fsp3) is 0.0667. The number of carbonyl (C=O) groups is 3. The lowest BCUT2D eigenvalue weighted by atomic mass is 10.1. The summed E-state index contributed by atoms with van der Waals surface area (Å²) >= 11 is 3.39. The molecular weight excluding hydrogens is 562 g/mol. The number of nitrogens with zero attached hydrogens (tertiary/aromatic N) is 1. The van der Waals surface area contributed by atoms with Gasteiger partial charge in [-0.25, -0.2) is 10.2 Å². The van der Waals surface area contributed by atoms with Crippen LogP contribution >= 0.6 is 15.9 Å². The van der Waals surface area contributed by atoms with Crippen LogP contribution in [0.25, 0.3) is 0 Å². The summed E-state index contributed by atoms with van der Waals surface area (Å²) in [6, 6.07) is 25.3. The molecule has 0 aliphatic carbocycles. The lowest BCUT2D eigenvalue weighted by molar-refractivity contribution is 0.0734. The second-order valence-electron chi connectivity index (χ2n) is 8.40. The predicted molar refractivity (Wildman–Crippen MR) is 153 cm³/mol. The predicted octanol–water partition coefficient (Wildman–Crippen LogP) is 6.00. The summed E-state index contributed by atoms with van der Waals surface area (Å²) in [5.41, 5.74) is 5.57. The maximum Gasteiger partial charge on any atom is 0.343 e. The van der Waals surface area contributed by atoms with Crippen LogP contribution in [0, 0.1) is 6.92 Å². The van der Waals surface area contributed by atoms with Crippen LogP contribution in [0.5, 0.6) is 11.5 Å². The van der Waals surface area contributed by atoms with Gasteiger partial charge in [0.15, 0.2) is 0 Å². The highest BCUT2D eigenvalue weighted by atomic mass is 79.9. The zero-order valence-electron chi connectivity index (χ0n) is 21.1. The van der Waals surface area contributed by atoms with Crippen LogP contribution in [-0.4, -0.2) is 31.1 Å². The molecule has 0 unspecified atom stereocenters. The molecule has 2 amide bonds. The van der Waals surface area contributed by atoms with Gasteiger partial charge in [-0.15, -0.1) is 0 Å². The summed E-state index contributed by atoms with van der Waals surface area (Å²) in [7, 11) is 1.55. The highest BCUT2D eigenvalue weighted by Crippen LogP contribution is 2.23. The third-order valence-corrected chi connectivity index (χ3v) is 6.06. The molecule has 0 aliphatic rings. The number of nitrogens with one attached hydrogen (secondary N) is 2. The Kier molecular flexibility index (Phi) is 8.86. The van der Waals surface area contributed by atoms with Crippen molar-refractivity contribution in [2.75, 3.05) is 12.4 Å². The first-order valence-corrected chi connectivity index (χ1v) is 12.6. The monoisotopic (exact) mass is 585 g/mol. The smallest absolute Gasteiger partial charge is 0.343 e. The van der Waals surface area contributed by atoms with Crippen LogP contribution < -0.4 is 20.2 Å². The third-order valence-electron chi connectivity index (χ3n) is 5.57. The average molecular weight is 586 g/mol. The van der Waals surface area contributed by atoms with E-state index in [9.17, 15) is 14.4 Å². The van der Waals surface area contributed by atoms with E-state index < -0.39 is 11.9 Å². The Morgan fingerprint density at radius 2 is 1.54 bits per heavy atom. The molecule has 196 valence electrons. The first-order chi connectivity index (χ1) is 18.8. The lowest BCUT2D eigenvalue weighted by Crippen LogP contribution is -2.18. The fourth-order valence-electron chi connectivity index (χ4n) is 3.47. The zero-order chi connectivity index (χ0) is 27.8. The lowest BCUT2D eigenvalue weighted by Gasteiger charge is -2.09. The van der Waals surface area contributed by atoms with E-state index in [4.69, 9.17) is 9.47 Å². The summed E-state index contributed by atoms with van der Waals surface area (Å²) in [5.74, 6) is -0.393. The number of rotatable bonds is 8. The summed E-state index contributed by atoms with van der Waals surface area (Å²) in [6.07, 6.45) is 1.38. The number of esters is 1. The topological polar surface area (TPSA) is 106 Å². The first-order valence-electron chi connectivity index (χ1n) is 11.8. The van der Waals surface area contributed by atoms with Gasteiger partial charge >= 0.3 is 5.97 Å². The minimum atomic E-state index is -0.510. The number of hydrogen-bond donors (Lipinski definition) is 2. The number of carbonyl (C=O) groups excluding carboxylic acids is 3. The Morgan fingerprint density at radius 1 is 0.821 bits per heavy atom. The normalized spacial score (nSPS) is 10.6. The average Bonchev–Trinajstić information content (AvgIpc) is 2.94. The number of benzene rings is 4. The van der Waals surface area contributed by atoms with Gasteiger partial charge in [-0.3, -0.25) is 9.59 Å². The quantitative estimate of drug-likeness (QED) is 0.114. The highest BCUT2D eigenvalue weighted by molar-refractivity contribution is 9.10. The molecule has 0 atom stereocenters. The van der Waals surface area contributed by atoms with Gasteiger partial charge in [-0.1, -0.05) is 39.7 Å². The van der Waals surface area contributed by atoms with E-state index >= 15 is 0 Å². The van der Waals surface area contributed by atoms with E-state index in [0.29, 0.717) is 33.7 Å². The number of halogens is 1. The molecule has 0 spiro atoms. The van der Waals surface area contributed by atoms with Gasteiger partial charge in [-0.05, 0) is 79.7 Å². The summed E-state index contributed by atoms with van der Waals surface area (Å²) in [5, 5.41) is 6.80. The highest BCUT2D eigenvalue weighted by Gasteiger charge is 2.13. The molecule has 0 aliphatic heterocycles. The minimum absolute atomic E-state index is 0.282. The van der Waals surface area contributed by atoms with Gasteiger partial charge in [0, 0.05) is 26.9 Å². The summed E-state index contributed by atoms with van der Waals surface area (Å²) < 4.78 is 11.4. The number of hydrazone groups is 1. The molecule has 39 heavy (non-hydrogen) atoms. The molecule has 0 fully saturated rings. The van der Waals surface area contributed by atoms with Crippen LogP contribution in [0.3, 0.4) is 0 Å². The number of ether oxygens (including phenoxy) is 2. The second kappa shape index (κ2) is 12.7. The summed E-state index contributed by atoms with van der Waals surface area (Å²) in [6.45, 7) is 1.93. The van der Waals surface area contributed by atoms with Crippen molar-refractivity contribution in [3.05, 3.63) is 123 Å². The molecule has 0 saturated carbocycles. The van der Waals surface area contributed by atoms with E-state index in [1.54, 1.807) is 86.0 Å². The van der Waals surface area contributed by atoms with Crippen LogP contribution in [0.4, 0.5) is 5.69 Å².